The largest absolute Gasteiger partial charge is 0.357 e. The number of pyridine rings is 1. The van der Waals surface area contributed by atoms with Gasteiger partial charge in [-0.3, -0.25) is 4.98 Å². The van der Waals surface area contributed by atoms with E-state index in [1.54, 1.807) is 18.3 Å². The molecule has 24 heavy (non-hydrogen) atoms. The van der Waals surface area contributed by atoms with Gasteiger partial charge >= 0.3 is 0 Å². The summed E-state index contributed by atoms with van der Waals surface area (Å²) in [6.45, 7) is 5.36. The van der Waals surface area contributed by atoms with Gasteiger partial charge < -0.3 is 10.6 Å². The van der Waals surface area contributed by atoms with Crippen molar-refractivity contribution < 1.29 is 8.78 Å². The molecule has 0 aliphatic heterocycles. The van der Waals surface area contributed by atoms with Gasteiger partial charge in [0, 0.05) is 19.3 Å². The van der Waals surface area contributed by atoms with Crippen LogP contribution in [0.1, 0.15) is 23.7 Å². The molecule has 0 spiro atoms. The van der Waals surface area contributed by atoms with Crippen molar-refractivity contribution in [3.05, 3.63) is 65.0 Å². The summed E-state index contributed by atoms with van der Waals surface area (Å²) in [5, 5.41) is 6.31. The highest BCUT2D eigenvalue weighted by molar-refractivity contribution is 5.79. The van der Waals surface area contributed by atoms with Crippen LogP contribution in [-0.4, -0.2) is 24.0 Å². The van der Waals surface area contributed by atoms with Crippen molar-refractivity contribution in [2.75, 3.05) is 13.1 Å². The number of aryl methyl sites for hydroxylation is 1. The minimum Gasteiger partial charge on any atom is -0.357 e. The number of hydrogen-bond acceptors (Lipinski definition) is 2. The van der Waals surface area contributed by atoms with Crippen LogP contribution in [0.5, 0.6) is 0 Å². The highest BCUT2D eigenvalue weighted by Gasteiger charge is 2.04. The van der Waals surface area contributed by atoms with E-state index in [1.807, 2.05) is 13.8 Å². The first-order valence-corrected chi connectivity index (χ1v) is 7.96. The molecule has 0 radical (unpaired) electrons. The lowest BCUT2D eigenvalue weighted by molar-refractivity contribution is 0.599. The fourth-order valence-corrected chi connectivity index (χ4v) is 2.29. The van der Waals surface area contributed by atoms with E-state index >= 15 is 0 Å². The van der Waals surface area contributed by atoms with Crippen LogP contribution >= 0.6 is 0 Å². The van der Waals surface area contributed by atoms with Crippen LogP contribution in [0.25, 0.3) is 0 Å². The Kier molecular flexibility index (Phi) is 6.66. The van der Waals surface area contributed by atoms with Gasteiger partial charge in [-0.2, -0.15) is 0 Å². The average Bonchev–Trinajstić information content (AvgIpc) is 2.56. The molecule has 0 aliphatic carbocycles. The number of aliphatic imine (C=N–C) groups is 1. The molecule has 0 saturated heterocycles. The number of rotatable bonds is 6. The molecule has 0 unspecified atom stereocenters. The third kappa shape index (κ3) is 5.30. The van der Waals surface area contributed by atoms with Crippen LogP contribution in [0, 0.1) is 18.6 Å². The molecule has 0 fully saturated rings. The summed E-state index contributed by atoms with van der Waals surface area (Å²) in [5.74, 6) is 0.0119. The van der Waals surface area contributed by atoms with Gasteiger partial charge in [-0.15, -0.1) is 0 Å². The zero-order chi connectivity index (χ0) is 17.4. The lowest BCUT2D eigenvalue weighted by Crippen LogP contribution is -2.38. The molecule has 0 aliphatic rings. The molecule has 0 atom stereocenters. The zero-order valence-corrected chi connectivity index (χ0v) is 13.9. The van der Waals surface area contributed by atoms with Gasteiger partial charge in [0.05, 0.1) is 12.2 Å². The fraction of sp³-hybridized carbons (Fsp3) is 0.333. The standard InChI is InChI=1S/C18H22F2N4/c1-3-21-18(24-12-17-16(20)5-4-9-22-17)23-10-8-14-6-7-15(19)11-13(14)2/h4-7,9,11H,3,8,10,12H2,1-2H3,(H2,21,23,24). The summed E-state index contributed by atoms with van der Waals surface area (Å²) in [7, 11) is 0. The van der Waals surface area contributed by atoms with Crippen LogP contribution < -0.4 is 10.6 Å². The van der Waals surface area contributed by atoms with Gasteiger partial charge in [0.25, 0.3) is 0 Å². The second-order valence-corrected chi connectivity index (χ2v) is 5.37. The van der Waals surface area contributed by atoms with E-state index in [2.05, 4.69) is 20.6 Å². The van der Waals surface area contributed by atoms with Gasteiger partial charge in [-0.05, 0) is 55.7 Å². The Morgan fingerprint density at radius 1 is 1.21 bits per heavy atom. The first kappa shape index (κ1) is 17.8. The molecule has 1 aromatic heterocycles. The maximum absolute atomic E-state index is 13.6. The Labute approximate surface area is 141 Å². The number of nitrogens with zero attached hydrogens (tertiary/aromatic N) is 2. The number of benzene rings is 1. The Morgan fingerprint density at radius 2 is 2.04 bits per heavy atom. The smallest absolute Gasteiger partial charge is 0.191 e. The summed E-state index contributed by atoms with van der Waals surface area (Å²) in [4.78, 5) is 8.33. The molecule has 0 bridgehead atoms. The summed E-state index contributed by atoms with van der Waals surface area (Å²) < 4.78 is 26.7. The van der Waals surface area contributed by atoms with Crippen molar-refractivity contribution in [2.24, 2.45) is 4.99 Å². The summed E-state index contributed by atoms with van der Waals surface area (Å²) in [5.41, 5.74) is 2.31. The normalized spacial score (nSPS) is 11.4. The Morgan fingerprint density at radius 3 is 2.75 bits per heavy atom. The second kappa shape index (κ2) is 8.96. The second-order valence-electron chi connectivity index (χ2n) is 5.37. The molecule has 2 rings (SSSR count). The van der Waals surface area contributed by atoms with E-state index in [1.165, 1.54) is 18.2 Å². The predicted octanol–water partition coefficient (Wildman–Crippen LogP) is 2.97. The highest BCUT2D eigenvalue weighted by Crippen LogP contribution is 2.10. The van der Waals surface area contributed by atoms with Crippen molar-refractivity contribution in [3.63, 3.8) is 0 Å². The lowest BCUT2D eigenvalue weighted by Gasteiger charge is -2.12. The van der Waals surface area contributed by atoms with E-state index in [0.29, 0.717) is 24.7 Å². The third-order valence-electron chi connectivity index (χ3n) is 3.56. The maximum atomic E-state index is 13.6. The van der Waals surface area contributed by atoms with Gasteiger partial charge in [0.15, 0.2) is 5.96 Å². The molecule has 2 aromatic rings. The van der Waals surface area contributed by atoms with Crippen LogP contribution in [0.2, 0.25) is 0 Å². The molecule has 2 N–H and O–H groups in total. The Hall–Kier alpha value is -2.50. The maximum Gasteiger partial charge on any atom is 0.191 e. The predicted molar refractivity (Wildman–Crippen MR) is 91.9 cm³/mol. The molecule has 0 saturated carbocycles. The molecule has 1 heterocycles. The van der Waals surface area contributed by atoms with Crippen LogP contribution in [0.15, 0.2) is 41.5 Å². The Bertz CT molecular complexity index is 701. The Balaban J connectivity index is 1.93. The summed E-state index contributed by atoms with van der Waals surface area (Å²) in [6.07, 6.45) is 2.29. The average molecular weight is 332 g/mol. The summed E-state index contributed by atoms with van der Waals surface area (Å²) in [6, 6.07) is 7.70. The van der Waals surface area contributed by atoms with Crippen LogP contribution in [0.4, 0.5) is 8.78 Å². The van der Waals surface area contributed by atoms with E-state index in [-0.39, 0.29) is 18.2 Å². The SMILES string of the molecule is CCNC(=NCc1ncccc1F)NCCc1ccc(F)cc1C. The molecule has 0 amide bonds. The number of hydrogen-bond donors (Lipinski definition) is 2. The number of aromatic nitrogens is 1. The summed E-state index contributed by atoms with van der Waals surface area (Å²) >= 11 is 0. The topological polar surface area (TPSA) is 49.3 Å². The molecule has 128 valence electrons. The van der Waals surface area contributed by atoms with Gasteiger partial charge in [0.1, 0.15) is 11.6 Å². The first-order valence-electron chi connectivity index (χ1n) is 7.96. The van der Waals surface area contributed by atoms with Crippen molar-refractivity contribution in [3.8, 4) is 0 Å². The zero-order valence-electron chi connectivity index (χ0n) is 13.9. The van der Waals surface area contributed by atoms with Crippen molar-refractivity contribution in [1.29, 1.82) is 0 Å². The van der Waals surface area contributed by atoms with E-state index in [9.17, 15) is 8.78 Å². The van der Waals surface area contributed by atoms with E-state index < -0.39 is 0 Å². The minimum atomic E-state index is -0.362. The minimum absolute atomic E-state index is 0.164. The van der Waals surface area contributed by atoms with Crippen molar-refractivity contribution in [1.82, 2.24) is 15.6 Å². The number of guanidine groups is 1. The van der Waals surface area contributed by atoms with Gasteiger partial charge in [-0.25, -0.2) is 13.8 Å². The number of halogens is 2. The molecule has 4 nitrogen and oxygen atoms in total. The molecule has 6 heteroatoms. The van der Waals surface area contributed by atoms with Crippen molar-refractivity contribution in [2.45, 2.75) is 26.8 Å². The molecular weight excluding hydrogens is 310 g/mol. The van der Waals surface area contributed by atoms with E-state index in [4.69, 9.17) is 0 Å². The quantitative estimate of drug-likeness (QED) is 0.632. The van der Waals surface area contributed by atoms with E-state index in [0.717, 1.165) is 17.5 Å². The fourth-order valence-electron chi connectivity index (χ4n) is 2.29. The monoisotopic (exact) mass is 332 g/mol. The molecule has 1 aromatic carbocycles. The lowest BCUT2D eigenvalue weighted by atomic mass is 10.1. The number of nitrogens with one attached hydrogen (secondary N) is 2. The van der Waals surface area contributed by atoms with Crippen LogP contribution in [-0.2, 0) is 13.0 Å². The van der Waals surface area contributed by atoms with Gasteiger partial charge in [-0.1, -0.05) is 6.07 Å². The first-order chi connectivity index (χ1) is 11.6. The van der Waals surface area contributed by atoms with Gasteiger partial charge in [0.2, 0.25) is 0 Å². The highest BCUT2D eigenvalue weighted by atomic mass is 19.1. The van der Waals surface area contributed by atoms with Crippen LogP contribution in [0.3, 0.4) is 0 Å². The molecular formula is C18H22F2N4. The third-order valence-corrected chi connectivity index (χ3v) is 3.56. The van der Waals surface area contributed by atoms with Crippen molar-refractivity contribution >= 4 is 5.96 Å².